The molecule has 37 heavy (non-hydrogen) atoms. The van der Waals surface area contributed by atoms with Crippen molar-refractivity contribution < 1.29 is 14.6 Å². The smallest absolute Gasteiger partial charge is 0.227 e. The van der Waals surface area contributed by atoms with Crippen molar-refractivity contribution in [1.82, 2.24) is 24.8 Å². The summed E-state index contributed by atoms with van der Waals surface area (Å²) in [6, 6.07) is 8.49. The lowest BCUT2D eigenvalue weighted by Crippen LogP contribution is -2.60. The van der Waals surface area contributed by atoms with Crippen LogP contribution in [0.2, 0.25) is 0 Å². The highest BCUT2D eigenvalue weighted by atomic mass is 16.5. The van der Waals surface area contributed by atoms with Crippen molar-refractivity contribution in [2.45, 2.75) is 63.1 Å². The molecule has 2 aromatic rings. The lowest BCUT2D eigenvalue weighted by molar-refractivity contribution is -0.144. The van der Waals surface area contributed by atoms with E-state index in [1.165, 1.54) is 6.42 Å². The fourth-order valence-corrected chi connectivity index (χ4v) is 7.11. The first-order chi connectivity index (χ1) is 18.0. The Hall–Kier alpha value is -2.65. The van der Waals surface area contributed by atoms with Gasteiger partial charge < -0.3 is 19.6 Å². The van der Waals surface area contributed by atoms with Gasteiger partial charge in [0.1, 0.15) is 17.0 Å². The standard InChI is InChI=1S/C28H40N6O3/c1-37-25-8-4-3-7-24(25)31-13-15-32(16-14-31)27(35)23-19-33-12-9-21(23)17-22(33)18-34-20-26(29-30-34)28(36)10-5-2-6-11-28/h3-4,7-8,20-23,36H,2,5-6,9-19H2,1H3/t21-,22+,23-/m0/s1. The fraction of sp³-hybridized carbons (Fsp3) is 0.679. The maximum atomic E-state index is 13.6. The third kappa shape index (κ3) is 4.83. The van der Waals surface area contributed by atoms with Gasteiger partial charge in [-0.1, -0.05) is 36.6 Å². The van der Waals surface area contributed by atoms with Crippen molar-refractivity contribution in [2.75, 3.05) is 51.3 Å². The summed E-state index contributed by atoms with van der Waals surface area (Å²) in [7, 11) is 1.71. The Morgan fingerprint density at radius 3 is 2.62 bits per heavy atom. The lowest BCUT2D eigenvalue weighted by Gasteiger charge is -2.50. The Morgan fingerprint density at radius 2 is 1.89 bits per heavy atom. The van der Waals surface area contributed by atoms with Crippen LogP contribution in [-0.4, -0.2) is 88.2 Å². The SMILES string of the molecule is COc1ccccc1N1CCN(C(=O)[C@H]2CN3CC[C@H]2C[C@@H]3Cn2cc(C3(O)CCCCC3)nn2)CC1. The van der Waals surface area contributed by atoms with E-state index in [0.717, 1.165) is 101 Å². The molecule has 9 heteroatoms. The van der Waals surface area contributed by atoms with E-state index in [1.54, 1.807) is 7.11 Å². The molecule has 7 rings (SSSR count). The molecule has 1 saturated carbocycles. The predicted octanol–water partition coefficient (Wildman–Crippen LogP) is 2.50. The van der Waals surface area contributed by atoms with Gasteiger partial charge in [0.25, 0.3) is 0 Å². The van der Waals surface area contributed by atoms with Crippen LogP contribution in [0, 0.1) is 11.8 Å². The van der Waals surface area contributed by atoms with Gasteiger partial charge in [-0.3, -0.25) is 14.4 Å². The van der Waals surface area contributed by atoms with Crippen molar-refractivity contribution in [3.63, 3.8) is 0 Å². The number of aromatic nitrogens is 3. The second-order valence-electron chi connectivity index (χ2n) is 11.4. The van der Waals surface area contributed by atoms with Crippen molar-refractivity contribution in [2.24, 2.45) is 11.8 Å². The van der Waals surface area contributed by atoms with Crippen LogP contribution in [0.25, 0.3) is 0 Å². The molecule has 1 aliphatic carbocycles. The molecule has 4 saturated heterocycles. The number of ether oxygens (including phenoxy) is 1. The first-order valence-corrected chi connectivity index (χ1v) is 14.1. The number of fused-ring (bicyclic) bond motifs is 3. The second-order valence-corrected chi connectivity index (χ2v) is 11.4. The number of rotatable bonds is 6. The van der Waals surface area contributed by atoms with Gasteiger partial charge in [-0.25, -0.2) is 0 Å². The molecule has 200 valence electrons. The number of nitrogens with zero attached hydrogens (tertiary/aromatic N) is 6. The van der Waals surface area contributed by atoms with Gasteiger partial charge in [0, 0.05) is 38.8 Å². The van der Waals surface area contributed by atoms with Gasteiger partial charge in [0.2, 0.25) is 5.91 Å². The number of aliphatic hydroxyl groups is 1. The first-order valence-electron chi connectivity index (χ1n) is 14.1. The molecule has 1 aromatic heterocycles. The second kappa shape index (κ2) is 10.3. The lowest BCUT2D eigenvalue weighted by atomic mass is 9.75. The van der Waals surface area contributed by atoms with Crippen LogP contribution in [0.1, 0.15) is 50.6 Å². The Kier molecular flexibility index (Phi) is 6.84. The summed E-state index contributed by atoms with van der Waals surface area (Å²) >= 11 is 0. The van der Waals surface area contributed by atoms with Crippen molar-refractivity contribution in [1.29, 1.82) is 0 Å². The fourth-order valence-electron chi connectivity index (χ4n) is 7.11. The summed E-state index contributed by atoms with van der Waals surface area (Å²) in [4.78, 5) is 20.5. The minimum Gasteiger partial charge on any atom is -0.495 e. The molecular formula is C28H40N6O3. The minimum atomic E-state index is -0.810. The van der Waals surface area contributed by atoms with Crippen LogP contribution < -0.4 is 9.64 Å². The highest BCUT2D eigenvalue weighted by Crippen LogP contribution is 2.39. The van der Waals surface area contributed by atoms with Crippen molar-refractivity contribution >= 4 is 11.6 Å². The molecule has 0 radical (unpaired) electrons. The predicted molar refractivity (Wildman–Crippen MR) is 140 cm³/mol. The van der Waals surface area contributed by atoms with E-state index in [9.17, 15) is 9.90 Å². The van der Waals surface area contributed by atoms with Crippen LogP contribution in [0.15, 0.2) is 30.5 Å². The number of amides is 1. The molecule has 4 aliphatic heterocycles. The Balaban J connectivity index is 1.04. The van der Waals surface area contributed by atoms with E-state index in [1.807, 2.05) is 29.1 Å². The number of piperidine rings is 3. The molecule has 9 nitrogen and oxygen atoms in total. The topological polar surface area (TPSA) is 87.0 Å². The summed E-state index contributed by atoms with van der Waals surface area (Å²) in [5.41, 5.74) is 1.02. The molecule has 4 atom stereocenters. The number of piperazine rings is 1. The normalized spacial score (nSPS) is 29.4. The van der Waals surface area contributed by atoms with Gasteiger partial charge in [-0.2, -0.15) is 0 Å². The summed E-state index contributed by atoms with van der Waals surface area (Å²) in [5, 5.41) is 19.7. The van der Waals surface area contributed by atoms with Crippen LogP contribution in [0.4, 0.5) is 5.69 Å². The Morgan fingerprint density at radius 1 is 1.11 bits per heavy atom. The van der Waals surface area contributed by atoms with Gasteiger partial charge in [-0.15, -0.1) is 5.10 Å². The number of carbonyl (C=O) groups excluding carboxylic acids is 1. The molecule has 2 bridgehead atoms. The number of hydrogen-bond acceptors (Lipinski definition) is 7. The summed E-state index contributed by atoms with van der Waals surface area (Å²) < 4.78 is 7.46. The zero-order valence-corrected chi connectivity index (χ0v) is 22.0. The molecule has 1 N–H and O–H groups in total. The molecule has 5 heterocycles. The monoisotopic (exact) mass is 508 g/mol. The average molecular weight is 509 g/mol. The average Bonchev–Trinajstić information content (AvgIpc) is 3.43. The van der Waals surface area contributed by atoms with E-state index in [0.29, 0.717) is 17.9 Å². The highest BCUT2D eigenvalue weighted by Gasteiger charge is 2.45. The molecule has 1 amide bonds. The first kappa shape index (κ1) is 24.7. The minimum absolute atomic E-state index is 0.0945. The number of benzene rings is 1. The molecule has 1 aromatic carbocycles. The van der Waals surface area contributed by atoms with Crippen LogP contribution >= 0.6 is 0 Å². The quantitative estimate of drug-likeness (QED) is 0.642. The van der Waals surface area contributed by atoms with Gasteiger partial charge in [0.15, 0.2) is 0 Å². The molecular weight excluding hydrogens is 468 g/mol. The van der Waals surface area contributed by atoms with Crippen LogP contribution in [-0.2, 0) is 16.9 Å². The van der Waals surface area contributed by atoms with Crippen LogP contribution in [0.5, 0.6) is 5.75 Å². The number of anilines is 1. The Bertz CT molecular complexity index is 1090. The van der Waals surface area contributed by atoms with E-state index >= 15 is 0 Å². The van der Waals surface area contributed by atoms with E-state index in [4.69, 9.17) is 4.74 Å². The third-order valence-corrected chi connectivity index (χ3v) is 9.31. The van der Waals surface area contributed by atoms with Gasteiger partial charge >= 0.3 is 0 Å². The van der Waals surface area contributed by atoms with E-state index in [-0.39, 0.29) is 5.92 Å². The molecule has 0 spiro atoms. The van der Waals surface area contributed by atoms with Gasteiger partial charge in [0.05, 0.1) is 31.5 Å². The molecule has 1 unspecified atom stereocenters. The molecule has 5 aliphatic rings. The van der Waals surface area contributed by atoms with E-state index < -0.39 is 5.60 Å². The maximum Gasteiger partial charge on any atom is 0.227 e. The molecule has 5 fully saturated rings. The Labute approximate surface area is 219 Å². The summed E-state index contributed by atoms with van der Waals surface area (Å²) in [6.07, 6.45) is 8.91. The maximum absolute atomic E-state index is 13.6. The van der Waals surface area contributed by atoms with E-state index in [2.05, 4.69) is 31.1 Å². The largest absolute Gasteiger partial charge is 0.495 e. The summed E-state index contributed by atoms with van der Waals surface area (Å²) in [5.74, 6) is 1.74. The van der Waals surface area contributed by atoms with Crippen molar-refractivity contribution in [3.8, 4) is 5.75 Å². The summed E-state index contributed by atoms with van der Waals surface area (Å²) in [6.45, 7) is 5.84. The number of methoxy groups -OCH3 is 1. The number of carbonyl (C=O) groups is 1. The number of hydrogen-bond donors (Lipinski definition) is 1. The van der Waals surface area contributed by atoms with Crippen molar-refractivity contribution in [3.05, 3.63) is 36.2 Å². The third-order valence-electron chi connectivity index (χ3n) is 9.31. The number of para-hydroxylation sites is 2. The zero-order chi connectivity index (χ0) is 25.4. The zero-order valence-electron chi connectivity index (χ0n) is 22.0. The van der Waals surface area contributed by atoms with Gasteiger partial charge in [-0.05, 0) is 50.3 Å². The van der Waals surface area contributed by atoms with Crippen LogP contribution in [0.3, 0.4) is 0 Å². The highest BCUT2D eigenvalue weighted by molar-refractivity contribution is 5.80.